The third-order valence-corrected chi connectivity index (χ3v) is 7.02. The Morgan fingerprint density at radius 1 is 1.06 bits per heavy atom. The van der Waals surface area contributed by atoms with Gasteiger partial charge in [0.05, 0.1) is 18.1 Å². The maximum absolute atomic E-state index is 13.3. The fourth-order valence-corrected chi connectivity index (χ4v) is 4.70. The van der Waals surface area contributed by atoms with E-state index in [-0.39, 0.29) is 21.7 Å². The van der Waals surface area contributed by atoms with Crippen molar-refractivity contribution >= 4 is 27.3 Å². The number of benzene rings is 2. The molecule has 1 N–H and O–H groups in total. The van der Waals surface area contributed by atoms with Crippen LogP contribution in [0.15, 0.2) is 62.9 Å². The van der Waals surface area contributed by atoms with E-state index in [2.05, 4.69) is 15.2 Å². The number of aryl methyl sites for hydroxylation is 1. The number of hydrogen-bond acceptors (Lipinski definition) is 7. The number of hydrogen-bond donors (Lipinski definition) is 1. The SMILES string of the molecule is Cc1ccc(S(=O)(=O)c2nc(-c3ccc(Cl)cc3)oc2NCCN2CCOCC2)cc1. The third kappa shape index (κ3) is 5.10. The van der Waals surface area contributed by atoms with Gasteiger partial charge in [0.2, 0.25) is 26.6 Å². The molecule has 0 atom stereocenters. The predicted molar refractivity (Wildman–Crippen MR) is 119 cm³/mol. The summed E-state index contributed by atoms with van der Waals surface area (Å²) in [5, 5.41) is 3.59. The monoisotopic (exact) mass is 461 g/mol. The van der Waals surface area contributed by atoms with Crippen LogP contribution in [0.1, 0.15) is 5.56 Å². The number of anilines is 1. The summed E-state index contributed by atoms with van der Waals surface area (Å²) >= 11 is 5.97. The first-order valence-electron chi connectivity index (χ1n) is 10.1. The minimum Gasteiger partial charge on any atom is -0.419 e. The Bertz CT molecular complexity index is 1120. The van der Waals surface area contributed by atoms with Gasteiger partial charge >= 0.3 is 0 Å². The summed E-state index contributed by atoms with van der Waals surface area (Å²) in [6.45, 7) is 6.28. The smallest absolute Gasteiger partial charge is 0.233 e. The van der Waals surface area contributed by atoms with Crippen LogP contribution in [0.5, 0.6) is 0 Å². The Hall–Kier alpha value is -2.39. The lowest BCUT2D eigenvalue weighted by molar-refractivity contribution is 0.0398. The molecule has 1 fully saturated rings. The highest BCUT2D eigenvalue weighted by Gasteiger charge is 2.28. The number of rotatable bonds is 7. The summed E-state index contributed by atoms with van der Waals surface area (Å²) in [6.07, 6.45) is 0. The highest BCUT2D eigenvalue weighted by Crippen LogP contribution is 2.32. The van der Waals surface area contributed by atoms with E-state index in [1.807, 2.05) is 6.92 Å². The van der Waals surface area contributed by atoms with E-state index in [4.69, 9.17) is 20.8 Å². The molecule has 164 valence electrons. The molecule has 1 saturated heterocycles. The minimum absolute atomic E-state index is 0.122. The molecule has 3 aromatic rings. The summed E-state index contributed by atoms with van der Waals surface area (Å²) in [4.78, 5) is 6.77. The van der Waals surface area contributed by atoms with Crippen molar-refractivity contribution in [3.05, 3.63) is 59.1 Å². The van der Waals surface area contributed by atoms with Crippen LogP contribution in [0.25, 0.3) is 11.5 Å². The Kier molecular flexibility index (Phi) is 6.62. The molecule has 7 nitrogen and oxygen atoms in total. The van der Waals surface area contributed by atoms with E-state index < -0.39 is 9.84 Å². The van der Waals surface area contributed by atoms with Gasteiger partial charge in [0.15, 0.2) is 0 Å². The van der Waals surface area contributed by atoms with Crippen molar-refractivity contribution in [1.29, 1.82) is 0 Å². The summed E-state index contributed by atoms with van der Waals surface area (Å²) in [6, 6.07) is 13.6. The third-order valence-electron chi connectivity index (χ3n) is 5.09. The lowest BCUT2D eigenvalue weighted by Gasteiger charge is -2.26. The molecule has 0 unspecified atom stereocenters. The minimum atomic E-state index is -3.86. The molecule has 1 aromatic heterocycles. The van der Waals surface area contributed by atoms with Crippen LogP contribution in [0.2, 0.25) is 5.02 Å². The van der Waals surface area contributed by atoms with E-state index in [9.17, 15) is 8.42 Å². The zero-order chi connectivity index (χ0) is 21.8. The molecule has 0 amide bonds. The summed E-state index contributed by atoms with van der Waals surface area (Å²) < 4.78 is 37.9. The quantitative estimate of drug-likeness (QED) is 0.571. The maximum atomic E-state index is 13.3. The van der Waals surface area contributed by atoms with Gasteiger partial charge < -0.3 is 14.5 Å². The Morgan fingerprint density at radius 3 is 2.42 bits per heavy atom. The van der Waals surface area contributed by atoms with Crippen LogP contribution in [-0.2, 0) is 14.6 Å². The summed E-state index contributed by atoms with van der Waals surface area (Å²) in [7, 11) is -3.86. The molecular formula is C22H24ClN3O4S. The van der Waals surface area contributed by atoms with Crippen molar-refractivity contribution in [2.45, 2.75) is 16.8 Å². The average molecular weight is 462 g/mol. The molecule has 1 aliphatic heterocycles. The Balaban J connectivity index is 1.64. The van der Waals surface area contributed by atoms with Crippen molar-refractivity contribution in [3.63, 3.8) is 0 Å². The van der Waals surface area contributed by atoms with Crippen molar-refractivity contribution in [1.82, 2.24) is 9.88 Å². The van der Waals surface area contributed by atoms with Gasteiger partial charge in [-0.05, 0) is 43.3 Å². The lowest BCUT2D eigenvalue weighted by atomic mass is 10.2. The molecule has 0 saturated carbocycles. The van der Waals surface area contributed by atoms with Crippen LogP contribution in [0, 0.1) is 6.92 Å². The normalized spacial score (nSPS) is 15.2. The number of halogens is 1. The number of nitrogens with zero attached hydrogens (tertiary/aromatic N) is 2. The molecule has 0 bridgehead atoms. The van der Waals surface area contributed by atoms with Crippen molar-refractivity contribution < 1.29 is 17.6 Å². The number of aromatic nitrogens is 1. The molecule has 2 heterocycles. The topological polar surface area (TPSA) is 84.7 Å². The molecule has 0 aliphatic carbocycles. The van der Waals surface area contributed by atoms with Crippen molar-refractivity contribution in [2.24, 2.45) is 0 Å². The van der Waals surface area contributed by atoms with E-state index >= 15 is 0 Å². The van der Waals surface area contributed by atoms with Gasteiger partial charge in [0, 0.05) is 36.8 Å². The van der Waals surface area contributed by atoms with Gasteiger partial charge in [-0.25, -0.2) is 8.42 Å². The van der Waals surface area contributed by atoms with E-state index in [1.165, 1.54) is 0 Å². The van der Waals surface area contributed by atoms with Gasteiger partial charge in [-0.15, -0.1) is 0 Å². The largest absolute Gasteiger partial charge is 0.419 e. The van der Waals surface area contributed by atoms with Gasteiger partial charge in [0.25, 0.3) is 0 Å². The van der Waals surface area contributed by atoms with Gasteiger partial charge in [-0.2, -0.15) is 4.98 Å². The first kappa shape index (κ1) is 21.8. The number of morpholine rings is 1. The first-order chi connectivity index (χ1) is 14.9. The zero-order valence-electron chi connectivity index (χ0n) is 17.2. The molecular weight excluding hydrogens is 438 g/mol. The maximum Gasteiger partial charge on any atom is 0.233 e. The molecule has 4 rings (SSSR count). The average Bonchev–Trinajstić information content (AvgIpc) is 3.20. The van der Waals surface area contributed by atoms with E-state index in [1.54, 1.807) is 48.5 Å². The second kappa shape index (κ2) is 9.40. The van der Waals surface area contributed by atoms with Crippen LogP contribution in [0.4, 0.5) is 5.88 Å². The zero-order valence-corrected chi connectivity index (χ0v) is 18.7. The van der Waals surface area contributed by atoms with Crippen molar-refractivity contribution in [2.75, 3.05) is 44.7 Å². The molecule has 1 aliphatic rings. The second-order valence-electron chi connectivity index (χ2n) is 7.36. The van der Waals surface area contributed by atoms with Crippen LogP contribution in [0.3, 0.4) is 0 Å². The molecule has 9 heteroatoms. The number of ether oxygens (including phenoxy) is 1. The van der Waals surface area contributed by atoms with Gasteiger partial charge in [0.1, 0.15) is 0 Å². The predicted octanol–water partition coefficient (Wildman–Crippen LogP) is 3.88. The number of oxazole rings is 1. The van der Waals surface area contributed by atoms with E-state index in [0.717, 1.165) is 25.2 Å². The standard InChI is InChI=1S/C22H24ClN3O4S/c1-16-2-8-19(9-3-16)31(27,28)22-21(24-10-11-26-12-14-29-15-13-26)30-20(25-22)17-4-6-18(23)7-5-17/h2-9,24H,10-15H2,1H3. The number of sulfone groups is 1. The summed E-state index contributed by atoms with van der Waals surface area (Å²) in [5.74, 6) is 0.356. The van der Waals surface area contributed by atoms with Gasteiger partial charge in [-0.1, -0.05) is 29.3 Å². The highest BCUT2D eigenvalue weighted by molar-refractivity contribution is 7.91. The Morgan fingerprint density at radius 2 is 1.74 bits per heavy atom. The number of nitrogens with one attached hydrogen (secondary N) is 1. The van der Waals surface area contributed by atoms with Crippen LogP contribution in [-0.4, -0.2) is 57.7 Å². The second-order valence-corrected chi connectivity index (χ2v) is 9.66. The highest BCUT2D eigenvalue weighted by atomic mass is 35.5. The van der Waals surface area contributed by atoms with Crippen molar-refractivity contribution in [3.8, 4) is 11.5 Å². The van der Waals surface area contributed by atoms with E-state index in [0.29, 0.717) is 30.3 Å². The Labute approximate surface area is 186 Å². The molecule has 0 radical (unpaired) electrons. The lowest BCUT2D eigenvalue weighted by Crippen LogP contribution is -2.39. The fourth-order valence-electron chi connectivity index (χ4n) is 3.30. The summed E-state index contributed by atoms with van der Waals surface area (Å²) in [5.41, 5.74) is 1.62. The fraction of sp³-hybridized carbons (Fsp3) is 0.318. The molecule has 2 aromatic carbocycles. The van der Waals surface area contributed by atoms with Crippen LogP contribution < -0.4 is 5.32 Å². The van der Waals surface area contributed by atoms with Crippen LogP contribution >= 0.6 is 11.6 Å². The van der Waals surface area contributed by atoms with Gasteiger partial charge in [-0.3, -0.25) is 4.90 Å². The molecule has 0 spiro atoms. The molecule has 31 heavy (non-hydrogen) atoms. The first-order valence-corrected chi connectivity index (χ1v) is 11.9.